The van der Waals surface area contributed by atoms with Crippen molar-refractivity contribution in [3.8, 4) is 0 Å². The van der Waals surface area contributed by atoms with E-state index in [0.29, 0.717) is 25.7 Å². The number of carbonyl (C=O) groups excluding carboxylic acids is 4. The van der Waals surface area contributed by atoms with Crippen molar-refractivity contribution in [2.45, 2.75) is 464 Å². The molecule has 2 unspecified atom stereocenters. The number of aliphatic hydroxyl groups excluding tert-OH is 1. The van der Waals surface area contributed by atoms with Gasteiger partial charge in [-0.1, -0.05) is 394 Å². The number of phosphoric ester groups is 2. The smallest absolute Gasteiger partial charge is 0.462 e. The van der Waals surface area contributed by atoms with Crippen LogP contribution >= 0.6 is 15.6 Å². The minimum atomic E-state index is -4.96. The zero-order valence-electron chi connectivity index (χ0n) is 66.8. The van der Waals surface area contributed by atoms with Gasteiger partial charge in [0.25, 0.3) is 0 Å². The average Bonchev–Trinajstić information content (AvgIpc) is 0.911. The second kappa shape index (κ2) is 75.9. The molecule has 5 atom stereocenters. The molecule has 0 aliphatic heterocycles. The first-order valence-corrected chi connectivity index (χ1v) is 46.1. The molecule has 0 bridgehead atoms. The number of rotatable bonds is 83. The van der Waals surface area contributed by atoms with Crippen molar-refractivity contribution >= 4 is 39.5 Å². The summed E-state index contributed by atoms with van der Waals surface area (Å²) in [6, 6.07) is 0. The van der Waals surface area contributed by atoms with E-state index in [-0.39, 0.29) is 25.7 Å². The second-order valence-corrected chi connectivity index (χ2v) is 33.3. The highest BCUT2D eigenvalue weighted by Crippen LogP contribution is 2.45. The maximum atomic E-state index is 13.1. The Morgan fingerprint density at radius 1 is 0.265 bits per heavy atom. The van der Waals surface area contributed by atoms with Gasteiger partial charge in [0.2, 0.25) is 0 Å². The summed E-state index contributed by atoms with van der Waals surface area (Å²) in [7, 11) is -9.92. The van der Waals surface area contributed by atoms with Crippen LogP contribution in [0.25, 0.3) is 0 Å². The summed E-state index contributed by atoms with van der Waals surface area (Å²) in [5.74, 6) is -1.30. The summed E-state index contributed by atoms with van der Waals surface area (Å²) in [6.07, 6.45) is 67.8. The molecule has 102 heavy (non-hydrogen) atoms. The first-order chi connectivity index (χ1) is 49.5. The molecule has 19 heteroatoms. The number of ether oxygens (including phenoxy) is 4. The van der Waals surface area contributed by atoms with Gasteiger partial charge in [0.1, 0.15) is 19.3 Å². The zero-order valence-corrected chi connectivity index (χ0v) is 68.5. The minimum absolute atomic E-state index is 0.109. The van der Waals surface area contributed by atoms with Crippen molar-refractivity contribution in [2.75, 3.05) is 39.6 Å². The van der Waals surface area contributed by atoms with Crippen LogP contribution in [0.4, 0.5) is 0 Å². The number of aliphatic hydroxyl groups is 1. The van der Waals surface area contributed by atoms with Gasteiger partial charge in [0.05, 0.1) is 26.4 Å². The quantitative estimate of drug-likeness (QED) is 0.0222. The summed E-state index contributed by atoms with van der Waals surface area (Å²) < 4.78 is 68.8. The van der Waals surface area contributed by atoms with Gasteiger partial charge in [0, 0.05) is 25.7 Å². The molecule has 0 heterocycles. The average molecular weight is 1490 g/mol. The lowest BCUT2D eigenvalue weighted by Crippen LogP contribution is -2.30. The predicted molar refractivity (Wildman–Crippen MR) is 418 cm³/mol. The molecule has 0 saturated carbocycles. The molecule has 0 aromatic carbocycles. The van der Waals surface area contributed by atoms with Crippen LogP contribution in [0.2, 0.25) is 0 Å². The Morgan fingerprint density at radius 2 is 0.451 bits per heavy atom. The number of carbonyl (C=O) groups is 4. The number of esters is 4. The van der Waals surface area contributed by atoms with Crippen molar-refractivity contribution in [3.05, 3.63) is 0 Å². The van der Waals surface area contributed by atoms with Crippen molar-refractivity contribution in [1.82, 2.24) is 0 Å². The van der Waals surface area contributed by atoms with Crippen molar-refractivity contribution in [1.29, 1.82) is 0 Å². The van der Waals surface area contributed by atoms with Gasteiger partial charge in [-0.2, -0.15) is 0 Å². The molecule has 0 amide bonds. The molecule has 17 nitrogen and oxygen atoms in total. The number of unbranched alkanes of at least 4 members (excludes halogenated alkanes) is 55. The molecule has 0 aliphatic rings. The third-order valence-electron chi connectivity index (χ3n) is 19.5. The van der Waals surface area contributed by atoms with E-state index in [1.54, 1.807) is 0 Å². The topological polar surface area (TPSA) is 237 Å². The molecule has 0 aromatic rings. The Kier molecular flexibility index (Phi) is 74.4. The summed E-state index contributed by atoms with van der Waals surface area (Å²) in [6.45, 7) is 7.38. The Balaban J connectivity index is 5.25. The van der Waals surface area contributed by atoms with E-state index in [0.717, 1.165) is 95.8 Å². The van der Waals surface area contributed by atoms with Gasteiger partial charge in [0.15, 0.2) is 12.2 Å². The van der Waals surface area contributed by atoms with Crippen LogP contribution in [-0.4, -0.2) is 96.7 Å². The maximum absolute atomic E-state index is 13.1. The minimum Gasteiger partial charge on any atom is -0.462 e. The van der Waals surface area contributed by atoms with Crippen LogP contribution in [0.3, 0.4) is 0 Å². The van der Waals surface area contributed by atoms with E-state index in [1.807, 2.05) is 0 Å². The van der Waals surface area contributed by atoms with Gasteiger partial charge >= 0.3 is 39.5 Å². The third kappa shape index (κ3) is 76.3. The largest absolute Gasteiger partial charge is 0.472 e. The van der Waals surface area contributed by atoms with E-state index in [4.69, 9.17) is 37.0 Å². The molecule has 0 aromatic heterocycles. The number of hydrogen-bond acceptors (Lipinski definition) is 15. The fourth-order valence-electron chi connectivity index (χ4n) is 12.9. The van der Waals surface area contributed by atoms with Crippen molar-refractivity contribution < 1.29 is 80.2 Å². The van der Waals surface area contributed by atoms with Crippen molar-refractivity contribution in [3.63, 3.8) is 0 Å². The fraction of sp³-hybridized carbons (Fsp3) is 0.952. The molecule has 0 fully saturated rings. The van der Waals surface area contributed by atoms with Crippen molar-refractivity contribution in [2.24, 2.45) is 5.92 Å². The standard InChI is InChI=1S/C83H162O17P2/c1-6-9-12-15-18-21-24-27-29-30-31-32-33-39-44-49-54-59-64-69-83(88)100-79(73-94-81(86)67-62-57-52-47-42-38-35-34-36-40-45-50-55-60-65-76(4)5)75-98-102(91,92)96-71-77(84)70-95-101(89,90)97-74-78(72-93-80(85)66-61-56-51-46-41-26-23-20-17-14-11-8-3)99-82(87)68-63-58-53-48-43-37-28-25-22-19-16-13-10-7-2/h76-79,84H,6-75H2,1-5H3,(H,89,90)(H,91,92)/t77-,78+,79+/m0/s1. The fourth-order valence-corrected chi connectivity index (χ4v) is 14.5. The SMILES string of the molecule is CCCCCCCCCCCCCCCCCCCCCC(=O)O[C@H](COC(=O)CCCCCCCCCCCCCCCCC(C)C)COP(=O)(O)OC[C@@H](O)COP(=O)(O)OC[C@@H](COC(=O)CCCCCCCCCCCCCC)OC(=O)CCCCCCCCCCCCCCCC. The molecule has 0 spiro atoms. The highest BCUT2D eigenvalue weighted by atomic mass is 31.2. The van der Waals surface area contributed by atoms with E-state index in [1.165, 1.54) is 270 Å². The second-order valence-electron chi connectivity index (χ2n) is 30.3. The molecule has 606 valence electrons. The summed E-state index contributed by atoms with van der Waals surface area (Å²) >= 11 is 0. The zero-order chi connectivity index (χ0) is 74.8. The summed E-state index contributed by atoms with van der Waals surface area (Å²) in [4.78, 5) is 73.1. The Labute approximate surface area is 626 Å². The first kappa shape index (κ1) is 100. The lowest BCUT2D eigenvalue weighted by Gasteiger charge is -2.21. The van der Waals surface area contributed by atoms with E-state index >= 15 is 0 Å². The molecule has 0 radical (unpaired) electrons. The normalized spacial score (nSPS) is 13.8. The van der Waals surface area contributed by atoms with E-state index in [9.17, 15) is 43.2 Å². The van der Waals surface area contributed by atoms with Crippen LogP contribution in [0.15, 0.2) is 0 Å². The van der Waals surface area contributed by atoms with E-state index in [2.05, 4.69) is 34.6 Å². The molecule has 0 rings (SSSR count). The highest BCUT2D eigenvalue weighted by Gasteiger charge is 2.30. The van der Waals surface area contributed by atoms with Gasteiger partial charge in [-0.25, -0.2) is 9.13 Å². The van der Waals surface area contributed by atoms with Crippen LogP contribution in [0.5, 0.6) is 0 Å². The summed E-state index contributed by atoms with van der Waals surface area (Å²) in [5, 5.41) is 10.7. The van der Waals surface area contributed by atoms with Crippen LogP contribution in [-0.2, 0) is 65.4 Å². The van der Waals surface area contributed by atoms with Gasteiger partial charge in [-0.15, -0.1) is 0 Å². The van der Waals surface area contributed by atoms with Gasteiger partial charge < -0.3 is 33.8 Å². The molecule has 3 N–H and O–H groups in total. The Morgan fingerprint density at radius 3 is 0.667 bits per heavy atom. The molecular weight excluding hydrogens is 1330 g/mol. The highest BCUT2D eigenvalue weighted by molar-refractivity contribution is 7.47. The van der Waals surface area contributed by atoms with Gasteiger partial charge in [-0.3, -0.25) is 37.3 Å². The van der Waals surface area contributed by atoms with Gasteiger partial charge in [-0.05, 0) is 31.6 Å². The van der Waals surface area contributed by atoms with Crippen LogP contribution < -0.4 is 0 Å². The predicted octanol–water partition coefficient (Wildman–Crippen LogP) is 25.2. The molecule has 0 aliphatic carbocycles. The Bertz CT molecular complexity index is 1940. The lowest BCUT2D eigenvalue weighted by atomic mass is 10.0. The first-order valence-electron chi connectivity index (χ1n) is 43.1. The number of hydrogen-bond donors (Lipinski definition) is 3. The lowest BCUT2D eigenvalue weighted by molar-refractivity contribution is -0.161. The van der Waals surface area contributed by atoms with Crippen LogP contribution in [0, 0.1) is 5.92 Å². The monoisotopic (exact) mass is 1490 g/mol. The van der Waals surface area contributed by atoms with Crippen LogP contribution in [0.1, 0.15) is 446 Å². The van der Waals surface area contributed by atoms with E-state index < -0.39 is 97.5 Å². The molecular formula is C83H162O17P2. The number of phosphoric acid groups is 2. The maximum Gasteiger partial charge on any atom is 0.472 e. The Hall–Kier alpha value is -1.94. The summed E-state index contributed by atoms with van der Waals surface area (Å²) in [5.41, 5.74) is 0. The molecule has 0 saturated heterocycles. The third-order valence-corrected chi connectivity index (χ3v) is 21.4.